The highest BCUT2D eigenvalue weighted by Crippen LogP contribution is 2.26. The molecule has 3 amide bonds. The summed E-state index contributed by atoms with van der Waals surface area (Å²) in [5, 5.41) is 111. The van der Waals surface area contributed by atoms with Gasteiger partial charge < -0.3 is 80.9 Å². The SMILES string of the molecule is NC(=O)OS(=O)(=O)OC(=O)NC(=O)[C@H](O)[C@@H](O)[C@H](O)[C@H](O)CO[C@H]1O[C@H](CO[C@H]2O[C@H](CO)[C@@H](O)[C@H](O)[C@H]2O)[C@@H](O)[C@H](O)[C@H]1O. The van der Waals surface area contributed by atoms with E-state index in [1.165, 1.54) is 0 Å². The number of ether oxygens (including phenoxy) is 4. The smallest absolute Gasteiger partial charge is 0.394 e. The van der Waals surface area contributed by atoms with Gasteiger partial charge in [0.1, 0.15) is 67.1 Å². The number of rotatable bonds is 13. The van der Waals surface area contributed by atoms with Crippen LogP contribution in [0.4, 0.5) is 9.59 Å². The summed E-state index contributed by atoms with van der Waals surface area (Å²) in [7, 11) is -5.36. The summed E-state index contributed by atoms with van der Waals surface area (Å²) in [5.74, 6) is -1.88. The lowest BCUT2D eigenvalue weighted by Crippen LogP contribution is -2.62. The molecule has 2 fully saturated rings. The normalized spacial score (nSPS) is 35.0. The predicted octanol–water partition coefficient (Wildman–Crippen LogP) is -9.34. The molecule has 0 aromatic rings. The monoisotopic (exact) mass is 686 g/mol. The molecule has 2 heterocycles. The lowest BCUT2D eigenvalue weighted by molar-refractivity contribution is -0.333. The third kappa shape index (κ3) is 10.3. The van der Waals surface area contributed by atoms with Crippen LogP contribution in [0.15, 0.2) is 0 Å². The number of aliphatic hydroxyl groups excluding tert-OH is 11. The van der Waals surface area contributed by atoms with Crippen molar-refractivity contribution in [2.24, 2.45) is 5.73 Å². The Hall–Kier alpha value is -2.44. The Morgan fingerprint density at radius 1 is 0.756 bits per heavy atom. The summed E-state index contributed by atoms with van der Waals surface area (Å²) in [6.07, 6.45) is -31.7. The summed E-state index contributed by atoms with van der Waals surface area (Å²) in [4.78, 5) is 33.8. The fraction of sp³-hybridized carbons (Fsp3) is 0.850. The van der Waals surface area contributed by atoms with Crippen molar-refractivity contribution in [3.8, 4) is 0 Å². The van der Waals surface area contributed by atoms with Crippen LogP contribution in [0.25, 0.3) is 0 Å². The molecule has 0 unspecified atom stereocenters. The number of nitrogens with one attached hydrogen (secondary N) is 1. The van der Waals surface area contributed by atoms with Crippen molar-refractivity contribution in [2.75, 3.05) is 19.8 Å². The molecule has 0 aromatic heterocycles. The molecule has 0 radical (unpaired) electrons. The minimum atomic E-state index is -5.36. The molecule has 262 valence electrons. The first kappa shape index (κ1) is 38.7. The average molecular weight is 687 g/mol. The molecule has 0 aliphatic carbocycles. The van der Waals surface area contributed by atoms with Gasteiger partial charge in [-0.15, -0.1) is 8.42 Å². The van der Waals surface area contributed by atoms with Crippen LogP contribution < -0.4 is 11.1 Å². The molecule has 2 aliphatic rings. The lowest BCUT2D eigenvalue weighted by atomic mass is 9.98. The number of hydrogen-bond donors (Lipinski definition) is 13. The first-order chi connectivity index (χ1) is 20.8. The highest BCUT2D eigenvalue weighted by atomic mass is 32.3. The van der Waals surface area contributed by atoms with Crippen molar-refractivity contribution in [3.63, 3.8) is 0 Å². The Bertz CT molecular complexity index is 1110. The third-order valence-electron chi connectivity index (χ3n) is 6.30. The second kappa shape index (κ2) is 16.4. The molecule has 0 saturated carbocycles. The van der Waals surface area contributed by atoms with Crippen molar-refractivity contribution < 1.29 is 106 Å². The fourth-order valence-electron chi connectivity index (χ4n) is 3.85. The van der Waals surface area contributed by atoms with E-state index in [4.69, 9.17) is 18.9 Å². The van der Waals surface area contributed by atoms with Gasteiger partial charge in [-0.2, -0.15) is 0 Å². The average Bonchev–Trinajstić information content (AvgIpc) is 2.96. The molecular formula is C20H34N2O22S. The minimum Gasteiger partial charge on any atom is -0.394 e. The molecule has 0 aromatic carbocycles. The van der Waals surface area contributed by atoms with E-state index in [0.717, 1.165) is 5.32 Å². The first-order valence-corrected chi connectivity index (χ1v) is 13.9. The van der Waals surface area contributed by atoms with Gasteiger partial charge in [-0.25, -0.2) is 9.59 Å². The Morgan fingerprint density at radius 2 is 1.27 bits per heavy atom. The lowest BCUT2D eigenvalue weighted by Gasteiger charge is -2.42. The molecule has 2 saturated heterocycles. The van der Waals surface area contributed by atoms with Crippen molar-refractivity contribution in [1.82, 2.24) is 5.32 Å². The maximum absolute atomic E-state index is 11.9. The van der Waals surface area contributed by atoms with Crippen LogP contribution in [0, 0.1) is 0 Å². The van der Waals surface area contributed by atoms with Crippen LogP contribution in [-0.2, 0) is 42.5 Å². The molecule has 14 atom stereocenters. The molecule has 2 rings (SSSR count). The van der Waals surface area contributed by atoms with E-state index in [-0.39, 0.29) is 0 Å². The van der Waals surface area contributed by atoms with Gasteiger partial charge in [-0.05, 0) is 0 Å². The van der Waals surface area contributed by atoms with Crippen LogP contribution >= 0.6 is 0 Å². The largest absolute Gasteiger partial charge is 0.508 e. The quantitative estimate of drug-likeness (QED) is 0.0855. The van der Waals surface area contributed by atoms with Crippen LogP contribution in [-0.4, -0.2) is 188 Å². The maximum Gasteiger partial charge on any atom is 0.508 e. The Kier molecular flexibility index (Phi) is 14.1. The second-order valence-electron chi connectivity index (χ2n) is 9.54. The van der Waals surface area contributed by atoms with E-state index < -0.39 is 134 Å². The molecular weight excluding hydrogens is 652 g/mol. The summed E-state index contributed by atoms with van der Waals surface area (Å²) >= 11 is 0. The molecule has 0 spiro atoms. The number of imide groups is 1. The van der Waals surface area contributed by atoms with E-state index in [2.05, 4.69) is 14.1 Å². The van der Waals surface area contributed by atoms with Gasteiger partial charge in [0.15, 0.2) is 18.7 Å². The number of hydrogen-bond acceptors (Lipinski definition) is 22. The van der Waals surface area contributed by atoms with Crippen molar-refractivity contribution >= 4 is 28.5 Å². The second-order valence-corrected chi connectivity index (χ2v) is 10.7. The predicted molar refractivity (Wildman–Crippen MR) is 131 cm³/mol. The van der Waals surface area contributed by atoms with E-state index in [1.807, 2.05) is 0 Å². The standard InChI is InChI=1S/C20H34N2O22S/c21-19(35)43-45(37,38)44-20(36)22-16(34)13(31)10(28)7(25)4(24)2-39-17-15(33)12(30)9(27)6(42-17)3-40-18-14(32)11(29)8(26)5(1-23)41-18/h4-15,17-18,23-33H,1-3H2,(H2,21,35)(H,22,34,36)/t4-,5-,6-,7-,8-,9-,10+,11+,12+,13-,14-,15-,17+,18+/m1/s1. The zero-order valence-electron chi connectivity index (χ0n) is 22.6. The zero-order valence-corrected chi connectivity index (χ0v) is 23.4. The van der Waals surface area contributed by atoms with E-state index in [0.29, 0.717) is 0 Å². The van der Waals surface area contributed by atoms with Gasteiger partial charge in [-0.3, -0.25) is 18.5 Å². The summed E-state index contributed by atoms with van der Waals surface area (Å²) in [6, 6.07) is 0. The number of nitrogens with two attached hydrogens (primary N) is 1. The molecule has 0 bridgehead atoms. The van der Waals surface area contributed by atoms with Crippen LogP contribution in [0.2, 0.25) is 0 Å². The van der Waals surface area contributed by atoms with Gasteiger partial charge >= 0.3 is 22.6 Å². The van der Waals surface area contributed by atoms with Crippen LogP contribution in [0.5, 0.6) is 0 Å². The van der Waals surface area contributed by atoms with E-state index in [9.17, 15) is 79.0 Å². The number of carbonyl (C=O) groups excluding carboxylic acids is 3. The van der Waals surface area contributed by atoms with Gasteiger partial charge in [0.25, 0.3) is 5.91 Å². The Balaban J connectivity index is 1.93. The number of carbonyl (C=O) groups is 3. The molecule has 45 heavy (non-hydrogen) atoms. The highest BCUT2D eigenvalue weighted by molar-refractivity contribution is 7.82. The van der Waals surface area contributed by atoms with Crippen molar-refractivity contribution in [1.29, 1.82) is 0 Å². The number of aliphatic hydroxyl groups is 11. The molecule has 25 heteroatoms. The zero-order chi connectivity index (χ0) is 34.4. The summed E-state index contributed by atoms with van der Waals surface area (Å²) < 4.78 is 50.1. The highest BCUT2D eigenvalue weighted by Gasteiger charge is 2.48. The van der Waals surface area contributed by atoms with Gasteiger partial charge in [-0.1, -0.05) is 0 Å². The summed E-state index contributed by atoms with van der Waals surface area (Å²) in [5.41, 5.74) is 4.43. The third-order valence-corrected chi connectivity index (χ3v) is 7.02. The van der Waals surface area contributed by atoms with E-state index >= 15 is 0 Å². The molecule has 24 nitrogen and oxygen atoms in total. The topological polar surface area (TPSA) is 401 Å². The number of amides is 3. The van der Waals surface area contributed by atoms with E-state index in [1.54, 1.807) is 0 Å². The maximum atomic E-state index is 11.9. The molecule has 14 N–H and O–H groups in total. The summed E-state index contributed by atoms with van der Waals surface area (Å²) in [6.45, 7) is -2.57. The van der Waals surface area contributed by atoms with Gasteiger partial charge in [0, 0.05) is 0 Å². The van der Waals surface area contributed by atoms with Crippen LogP contribution in [0.1, 0.15) is 0 Å². The van der Waals surface area contributed by atoms with Gasteiger partial charge in [0.2, 0.25) is 0 Å². The first-order valence-electron chi connectivity index (χ1n) is 12.5. The van der Waals surface area contributed by atoms with Crippen LogP contribution in [0.3, 0.4) is 0 Å². The number of primary amides is 1. The molecule has 2 aliphatic heterocycles. The fourth-order valence-corrected chi connectivity index (χ4v) is 4.32. The Labute approximate surface area is 251 Å². The minimum absolute atomic E-state index is 0.725. The Morgan fingerprint density at radius 3 is 1.80 bits per heavy atom. The van der Waals surface area contributed by atoms with Gasteiger partial charge in [0.05, 0.1) is 19.8 Å². The van der Waals surface area contributed by atoms with Crippen molar-refractivity contribution in [2.45, 2.75) is 85.8 Å². The van der Waals surface area contributed by atoms with Crippen molar-refractivity contribution in [3.05, 3.63) is 0 Å².